The van der Waals surface area contributed by atoms with Gasteiger partial charge in [0.1, 0.15) is 11.8 Å². The van der Waals surface area contributed by atoms with Crippen LogP contribution in [0.1, 0.15) is 43.4 Å². The molecule has 0 bridgehead atoms. The summed E-state index contributed by atoms with van der Waals surface area (Å²) >= 11 is 0. The summed E-state index contributed by atoms with van der Waals surface area (Å²) < 4.78 is 32.5. The summed E-state index contributed by atoms with van der Waals surface area (Å²) in [5.41, 5.74) is 3.36. The maximum Gasteiger partial charge on any atom is 0.243 e. The normalized spacial score (nSPS) is 11.9. The van der Waals surface area contributed by atoms with Gasteiger partial charge in [-0.1, -0.05) is 72.3 Å². The number of aryl methyl sites for hydroxylation is 1. The highest BCUT2D eigenvalue weighted by Crippen LogP contribution is 2.30. The number of anilines is 1. The molecule has 0 radical (unpaired) electrons. The second kappa shape index (κ2) is 15.2. The van der Waals surface area contributed by atoms with Gasteiger partial charge < -0.3 is 15.0 Å². The Labute approximate surface area is 244 Å². The molecular weight excluding hydrogens is 538 g/mol. The van der Waals surface area contributed by atoms with Crippen molar-refractivity contribution in [3.63, 3.8) is 0 Å². The second-order valence-corrected chi connectivity index (χ2v) is 11.9. The van der Waals surface area contributed by atoms with Gasteiger partial charge >= 0.3 is 0 Å². The smallest absolute Gasteiger partial charge is 0.243 e. The zero-order valence-electron chi connectivity index (χ0n) is 24.4. The maximum atomic E-state index is 13.9. The third-order valence-electron chi connectivity index (χ3n) is 6.64. The summed E-state index contributed by atoms with van der Waals surface area (Å²) in [6, 6.07) is 23.7. The summed E-state index contributed by atoms with van der Waals surface area (Å²) in [4.78, 5) is 28.8. The quantitative estimate of drug-likeness (QED) is 0.281. The molecule has 3 rings (SSSR count). The van der Waals surface area contributed by atoms with E-state index in [2.05, 4.69) is 5.32 Å². The Kier molecular flexibility index (Phi) is 11.8. The van der Waals surface area contributed by atoms with Crippen molar-refractivity contribution in [1.82, 2.24) is 10.2 Å². The molecule has 1 atom stereocenters. The molecule has 0 aromatic heterocycles. The van der Waals surface area contributed by atoms with Crippen molar-refractivity contribution in [2.45, 2.75) is 52.6 Å². The minimum Gasteiger partial charge on any atom is -0.492 e. The lowest BCUT2D eigenvalue weighted by Crippen LogP contribution is -2.50. The molecule has 9 heteroatoms. The van der Waals surface area contributed by atoms with Crippen LogP contribution in [0.5, 0.6) is 5.75 Å². The number of ether oxygens (including phenoxy) is 1. The number of likely N-dealkylation sites (N-methyl/N-ethyl adjacent to an activating group) is 1. The summed E-state index contributed by atoms with van der Waals surface area (Å²) in [7, 11) is -3.64. The molecule has 0 aliphatic heterocycles. The molecule has 0 fully saturated rings. The van der Waals surface area contributed by atoms with E-state index < -0.39 is 16.1 Å². The summed E-state index contributed by atoms with van der Waals surface area (Å²) in [6.07, 6.45) is 1.84. The van der Waals surface area contributed by atoms with Gasteiger partial charge in [-0.05, 0) is 50.5 Å². The zero-order valence-corrected chi connectivity index (χ0v) is 25.2. The molecule has 0 saturated carbocycles. The minimum atomic E-state index is -3.64. The van der Waals surface area contributed by atoms with Gasteiger partial charge in [0.05, 0.1) is 18.6 Å². The summed E-state index contributed by atoms with van der Waals surface area (Å²) in [6.45, 7) is 6.87. The van der Waals surface area contributed by atoms with Gasteiger partial charge in [-0.15, -0.1) is 0 Å². The number of amides is 2. The molecule has 1 N–H and O–H groups in total. The summed E-state index contributed by atoms with van der Waals surface area (Å²) in [5.74, 6) is 0.0259. The van der Waals surface area contributed by atoms with Crippen LogP contribution in [-0.2, 0) is 32.6 Å². The van der Waals surface area contributed by atoms with Crippen molar-refractivity contribution >= 4 is 27.5 Å². The second-order valence-electron chi connectivity index (χ2n) is 9.95. The molecule has 0 heterocycles. The molecular formula is C32H41N3O5S. The number of sulfonamides is 1. The first-order valence-electron chi connectivity index (χ1n) is 14.0. The van der Waals surface area contributed by atoms with E-state index in [0.717, 1.165) is 22.9 Å². The van der Waals surface area contributed by atoms with Gasteiger partial charge in [0.25, 0.3) is 0 Å². The first kappa shape index (κ1) is 31.7. The van der Waals surface area contributed by atoms with E-state index in [4.69, 9.17) is 4.74 Å². The third kappa shape index (κ3) is 9.35. The van der Waals surface area contributed by atoms with Crippen LogP contribution in [0.4, 0.5) is 5.69 Å². The van der Waals surface area contributed by atoms with Crippen LogP contribution in [0, 0.1) is 6.92 Å². The van der Waals surface area contributed by atoms with E-state index in [-0.39, 0.29) is 37.7 Å². The van der Waals surface area contributed by atoms with Gasteiger partial charge in [-0.3, -0.25) is 13.9 Å². The Morgan fingerprint density at radius 1 is 0.927 bits per heavy atom. The number of carbonyl (C=O) groups excluding carboxylic acids is 2. The molecule has 41 heavy (non-hydrogen) atoms. The van der Waals surface area contributed by atoms with Crippen molar-refractivity contribution < 1.29 is 22.7 Å². The number of nitrogens with zero attached hydrogens (tertiary/aromatic N) is 2. The van der Waals surface area contributed by atoms with Gasteiger partial charge in [0.2, 0.25) is 21.8 Å². The van der Waals surface area contributed by atoms with Crippen LogP contribution in [0.2, 0.25) is 0 Å². The van der Waals surface area contributed by atoms with E-state index in [0.29, 0.717) is 31.0 Å². The predicted molar refractivity (Wildman–Crippen MR) is 163 cm³/mol. The molecule has 0 spiro atoms. The fourth-order valence-corrected chi connectivity index (χ4v) is 5.75. The fourth-order valence-electron chi connectivity index (χ4n) is 4.78. The van der Waals surface area contributed by atoms with Crippen LogP contribution in [0.25, 0.3) is 0 Å². The number of benzene rings is 3. The van der Waals surface area contributed by atoms with Crippen molar-refractivity contribution in [2.24, 2.45) is 0 Å². The van der Waals surface area contributed by atoms with Crippen molar-refractivity contribution in [3.05, 3.63) is 95.6 Å². The third-order valence-corrected chi connectivity index (χ3v) is 7.82. The molecule has 0 aliphatic carbocycles. The van der Waals surface area contributed by atoms with Crippen LogP contribution in [0.3, 0.4) is 0 Å². The van der Waals surface area contributed by atoms with Gasteiger partial charge in [0.15, 0.2) is 0 Å². The molecule has 3 aromatic carbocycles. The predicted octanol–water partition coefficient (Wildman–Crippen LogP) is 4.72. The molecule has 3 aromatic rings. The van der Waals surface area contributed by atoms with Crippen LogP contribution >= 0.6 is 0 Å². The molecule has 220 valence electrons. The Bertz CT molecular complexity index is 1400. The van der Waals surface area contributed by atoms with E-state index in [1.54, 1.807) is 29.2 Å². The lowest BCUT2D eigenvalue weighted by molar-refractivity contribution is -0.141. The molecule has 8 nitrogen and oxygen atoms in total. The number of carbonyl (C=O) groups is 2. The number of para-hydroxylation sites is 2. The standard InChI is InChI=1S/C32H41N3O5S/c1-5-33-32(37)29(23-26-15-8-7-9-16-26)34(24-27-17-12-14-25(3)22-27)31(36)20-13-21-35(41(4,38)39)28-18-10-11-19-30(28)40-6-2/h7-12,14-19,22,29H,5-6,13,20-21,23-24H2,1-4H3,(H,33,37)/t29-/m0/s1. The van der Waals surface area contributed by atoms with Crippen molar-refractivity contribution in [2.75, 3.05) is 30.3 Å². The Balaban J connectivity index is 1.88. The number of hydrogen-bond acceptors (Lipinski definition) is 5. The first-order valence-corrected chi connectivity index (χ1v) is 15.8. The number of hydrogen-bond donors (Lipinski definition) is 1. The van der Waals surface area contributed by atoms with E-state index in [9.17, 15) is 18.0 Å². The molecule has 0 aliphatic rings. The van der Waals surface area contributed by atoms with E-state index in [1.165, 1.54) is 4.31 Å². The van der Waals surface area contributed by atoms with Crippen LogP contribution in [-0.4, -0.2) is 57.1 Å². The van der Waals surface area contributed by atoms with Crippen molar-refractivity contribution in [1.29, 1.82) is 0 Å². The van der Waals surface area contributed by atoms with E-state index in [1.807, 2.05) is 75.4 Å². The lowest BCUT2D eigenvalue weighted by atomic mass is 10.0. The van der Waals surface area contributed by atoms with Crippen LogP contribution < -0.4 is 14.4 Å². The first-order chi connectivity index (χ1) is 19.6. The SMILES string of the molecule is CCNC(=O)[C@H](Cc1ccccc1)N(Cc1cccc(C)c1)C(=O)CCCN(c1ccccc1OCC)S(C)(=O)=O. The Morgan fingerprint density at radius 3 is 2.27 bits per heavy atom. The van der Waals surface area contributed by atoms with Crippen molar-refractivity contribution in [3.8, 4) is 5.75 Å². The monoisotopic (exact) mass is 579 g/mol. The molecule has 0 unspecified atom stereocenters. The molecule has 0 saturated heterocycles. The highest BCUT2D eigenvalue weighted by molar-refractivity contribution is 7.92. The zero-order chi connectivity index (χ0) is 29.8. The highest BCUT2D eigenvalue weighted by Gasteiger charge is 2.30. The maximum absolute atomic E-state index is 13.9. The van der Waals surface area contributed by atoms with E-state index >= 15 is 0 Å². The highest BCUT2D eigenvalue weighted by atomic mass is 32.2. The largest absolute Gasteiger partial charge is 0.492 e. The van der Waals surface area contributed by atoms with Gasteiger partial charge in [0, 0.05) is 32.5 Å². The molecule has 2 amide bonds. The Morgan fingerprint density at radius 2 is 1.61 bits per heavy atom. The number of rotatable bonds is 15. The average molecular weight is 580 g/mol. The summed E-state index contributed by atoms with van der Waals surface area (Å²) in [5, 5.41) is 2.90. The average Bonchev–Trinajstić information content (AvgIpc) is 2.93. The lowest BCUT2D eigenvalue weighted by Gasteiger charge is -2.32. The van der Waals surface area contributed by atoms with Crippen LogP contribution in [0.15, 0.2) is 78.9 Å². The Hall–Kier alpha value is -3.85. The van der Waals surface area contributed by atoms with Gasteiger partial charge in [-0.25, -0.2) is 8.42 Å². The topological polar surface area (TPSA) is 96.0 Å². The fraction of sp³-hybridized carbons (Fsp3) is 0.375. The van der Waals surface area contributed by atoms with Gasteiger partial charge in [-0.2, -0.15) is 0 Å². The number of nitrogens with one attached hydrogen (secondary N) is 1. The minimum absolute atomic E-state index is 0.0688.